The van der Waals surface area contributed by atoms with Crippen molar-refractivity contribution in [2.24, 2.45) is 16.8 Å². The molecule has 1 aromatic heterocycles. The van der Waals surface area contributed by atoms with Crippen LogP contribution < -0.4 is 5.32 Å². The highest BCUT2D eigenvalue weighted by molar-refractivity contribution is 6.17. The van der Waals surface area contributed by atoms with Crippen LogP contribution in [0.5, 0.6) is 0 Å². The standard InChI is InChI=1S/C18H23N3O3/c1-9(2)18(4)17(24)20-15(21-18)14-12(16(22)23)8-11-7-10(3)5-6-13(11)19-14/h8-10H,5-7H2,1-4H3,(H,22,23)(H,20,21,24). The summed E-state index contributed by atoms with van der Waals surface area (Å²) in [6, 6.07) is 1.70. The first kappa shape index (κ1) is 16.6. The molecule has 2 atom stereocenters. The van der Waals surface area contributed by atoms with Gasteiger partial charge in [0.1, 0.15) is 11.2 Å². The first-order valence-corrected chi connectivity index (χ1v) is 8.40. The lowest BCUT2D eigenvalue weighted by Crippen LogP contribution is -2.41. The van der Waals surface area contributed by atoms with E-state index < -0.39 is 11.5 Å². The number of rotatable bonds is 3. The van der Waals surface area contributed by atoms with Crippen molar-refractivity contribution in [1.82, 2.24) is 10.3 Å². The van der Waals surface area contributed by atoms with Crippen LogP contribution in [0.1, 0.15) is 61.4 Å². The van der Waals surface area contributed by atoms with E-state index in [2.05, 4.69) is 22.2 Å². The van der Waals surface area contributed by atoms with Crippen LogP contribution in [0.25, 0.3) is 0 Å². The fourth-order valence-electron chi connectivity index (χ4n) is 3.24. The molecule has 1 aliphatic carbocycles. The van der Waals surface area contributed by atoms with E-state index in [0.717, 1.165) is 30.5 Å². The summed E-state index contributed by atoms with van der Waals surface area (Å²) in [5, 5.41) is 12.3. The van der Waals surface area contributed by atoms with Crippen molar-refractivity contribution in [3.8, 4) is 0 Å². The number of aryl methyl sites for hydroxylation is 1. The van der Waals surface area contributed by atoms with E-state index in [0.29, 0.717) is 5.92 Å². The van der Waals surface area contributed by atoms with E-state index in [-0.39, 0.29) is 28.9 Å². The molecule has 2 aliphatic rings. The van der Waals surface area contributed by atoms with Gasteiger partial charge in [0.2, 0.25) is 0 Å². The fourth-order valence-corrected chi connectivity index (χ4v) is 3.24. The summed E-state index contributed by atoms with van der Waals surface area (Å²) in [5.41, 5.74) is 1.40. The SMILES string of the molecule is CC1CCc2nc(C3=NC(C)(C(C)C)C(=O)N3)c(C(=O)O)cc2C1. The lowest BCUT2D eigenvalue weighted by atomic mass is 9.87. The molecule has 0 aromatic carbocycles. The highest BCUT2D eigenvalue weighted by Crippen LogP contribution is 2.30. The molecule has 2 N–H and O–H groups in total. The number of hydrogen-bond acceptors (Lipinski definition) is 4. The van der Waals surface area contributed by atoms with Gasteiger partial charge in [0.15, 0.2) is 5.84 Å². The summed E-state index contributed by atoms with van der Waals surface area (Å²) < 4.78 is 0. The Morgan fingerprint density at radius 1 is 1.46 bits per heavy atom. The molecule has 3 rings (SSSR count). The number of fused-ring (bicyclic) bond motifs is 1. The van der Waals surface area contributed by atoms with Gasteiger partial charge >= 0.3 is 5.97 Å². The van der Waals surface area contributed by atoms with Crippen LogP contribution in [0.15, 0.2) is 11.1 Å². The molecule has 0 bridgehead atoms. The molecule has 1 aromatic rings. The van der Waals surface area contributed by atoms with Crippen molar-refractivity contribution in [2.75, 3.05) is 0 Å². The van der Waals surface area contributed by atoms with Crippen LogP contribution >= 0.6 is 0 Å². The number of nitrogens with zero attached hydrogens (tertiary/aromatic N) is 2. The minimum Gasteiger partial charge on any atom is -0.478 e. The first-order chi connectivity index (χ1) is 11.2. The third kappa shape index (κ3) is 2.60. The summed E-state index contributed by atoms with van der Waals surface area (Å²) in [7, 11) is 0. The van der Waals surface area contributed by atoms with Crippen LogP contribution in [0.2, 0.25) is 0 Å². The van der Waals surface area contributed by atoms with Crippen LogP contribution in [0.4, 0.5) is 0 Å². The molecule has 128 valence electrons. The second-order valence-electron chi connectivity index (χ2n) is 7.36. The van der Waals surface area contributed by atoms with E-state index in [1.165, 1.54) is 0 Å². The highest BCUT2D eigenvalue weighted by Gasteiger charge is 2.43. The number of carbonyl (C=O) groups excluding carboxylic acids is 1. The minimum atomic E-state index is -1.05. The molecule has 6 nitrogen and oxygen atoms in total. The van der Waals surface area contributed by atoms with Gasteiger partial charge in [-0.25, -0.2) is 14.8 Å². The van der Waals surface area contributed by atoms with Crippen molar-refractivity contribution in [3.63, 3.8) is 0 Å². The van der Waals surface area contributed by atoms with E-state index >= 15 is 0 Å². The maximum Gasteiger partial charge on any atom is 0.338 e. The van der Waals surface area contributed by atoms with Gasteiger partial charge in [-0.1, -0.05) is 20.8 Å². The van der Waals surface area contributed by atoms with Crippen molar-refractivity contribution in [1.29, 1.82) is 0 Å². The lowest BCUT2D eigenvalue weighted by molar-refractivity contribution is -0.124. The number of amides is 1. The van der Waals surface area contributed by atoms with Crippen LogP contribution in [0.3, 0.4) is 0 Å². The Labute approximate surface area is 141 Å². The maximum absolute atomic E-state index is 12.3. The molecule has 1 amide bonds. The van der Waals surface area contributed by atoms with Gasteiger partial charge in [-0.05, 0) is 49.7 Å². The average Bonchev–Trinajstić information content (AvgIpc) is 2.82. The van der Waals surface area contributed by atoms with Crippen molar-refractivity contribution in [2.45, 2.75) is 52.5 Å². The summed E-state index contributed by atoms with van der Waals surface area (Å²) in [6.45, 7) is 7.77. The van der Waals surface area contributed by atoms with E-state index in [9.17, 15) is 14.7 Å². The summed E-state index contributed by atoms with van der Waals surface area (Å²) in [5.74, 6) is -0.457. The molecule has 0 radical (unpaired) electrons. The first-order valence-electron chi connectivity index (χ1n) is 8.40. The number of carboxylic acid groups (broad SMARTS) is 1. The molecule has 0 spiro atoms. The Balaban J connectivity index is 2.11. The number of hydrogen-bond donors (Lipinski definition) is 2. The Morgan fingerprint density at radius 3 is 2.75 bits per heavy atom. The summed E-state index contributed by atoms with van der Waals surface area (Å²) in [4.78, 5) is 33.1. The minimum absolute atomic E-state index is 0.00162. The number of amidine groups is 1. The van der Waals surface area contributed by atoms with Gasteiger partial charge in [-0.3, -0.25) is 4.79 Å². The van der Waals surface area contributed by atoms with Crippen molar-refractivity contribution >= 4 is 17.7 Å². The second-order valence-corrected chi connectivity index (χ2v) is 7.36. The molecule has 2 heterocycles. The number of aromatic carboxylic acids is 1. The molecular weight excluding hydrogens is 306 g/mol. The van der Waals surface area contributed by atoms with Gasteiger partial charge in [-0.2, -0.15) is 0 Å². The van der Waals surface area contributed by atoms with Gasteiger partial charge in [-0.15, -0.1) is 0 Å². The van der Waals surface area contributed by atoms with Gasteiger partial charge in [0.25, 0.3) is 5.91 Å². The zero-order chi connectivity index (χ0) is 17.6. The molecule has 24 heavy (non-hydrogen) atoms. The predicted octanol–water partition coefficient (Wildman–Crippen LogP) is 2.20. The topological polar surface area (TPSA) is 91.7 Å². The summed E-state index contributed by atoms with van der Waals surface area (Å²) >= 11 is 0. The average molecular weight is 329 g/mol. The molecule has 1 aliphatic heterocycles. The number of carbonyl (C=O) groups is 2. The van der Waals surface area contributed by atoms with Crippen molar-refractivity contribution in [3.05, 3.63) is 28.6 Å². The zero-order valence-corrected chi connectivity index (χ0v) is 14.5. The number of aliphatic imine (C=N–C) groups is 1. The van der Waals surface area contributed by atoms with Gasteiger partial charge in [0, 0.05) is 5.69 Å². The maximum atomic E-state index is 12.3. The predicted molar refractivity (Wildman–Crippen MR) is 90.3 cm³/mol. The second kappa shape index (κ2) is 5.69. The Hall–Kier alpha value is -2.24. The zero-order valence-electron chi connectivity index (χ0n) is 14.5. The lowest BCUT2D eigenvalue weighted by Gasteiger charge is -2.22. The van der Waals surface area contributed by atoms with Gasteiger partial charge < -0.3 is 10.4 Å². The third-order valence-electron chi connectivity index (χ3n) is 5.25. The highest BCUT2D eigenvalue weighted by atomic mass is 16.4. The Morgan fingerprint density at radius 2 is 2.17 bits per heavy atom. The molecule has 0 fully saturated rings. The molecule has 6 heteroatoms. The smallest absolute Gasteiger partial charge is 0.338 e. The largest absolute Gasteiger partial charge is 0.478 e. The fraction of sp³-hybridized carbons (Fsp3) is 0.556. The van der Waals surface area contributed by atoms with Gasteiger partial charge in [0.05, 0.1) is 5.56 Å². The number of pyridine rings is 1. The van der Waals surface area contributed by atoms with E-state index in [1.807, 2.05) is 13.8 Å². The normalized spacial score (nSPS) is 26.1. The monoisotopic (exact) mass is 329 g/mol. The van der Waals surface area contributed by atoms with Crippen molar-refractivity contribution < 1.29 is 14.7 Å². The molecule has 2 unspecified atom stereocenters. The van der Waals surface area contributed by atoms with Crippen LogP contribution in [0, 0.1) is 11.8 Å². The molecule has 0 saturated heterocycles. The third-order valence-corrected chi connectivity index (χ3v) is 5.25. The van der Waals surface area contributed by atoms with Crippen LogP contribution in [-0.4, -0.2) is 33.3 Å². The van der Waals surface area contributed by atoms with E-state index in [1.54, 1.807) is 13.0 Å². The Kier molecular flexibility index (Phi) is 3.94. The Bertz CT molecular complexity index is 754. The quantitative estimate of drug-likeness (QED) is 0.889. The number of aromatic nitrogens is 1. The summed E-state index contributed by atoms with van der Waals surface area (Å²) in [6.07, 6.45) is 2.70. The van der Waals surface area contributed by atoms with Crippen LogP contribution in [-0.2, 0) is 17.6 Å². The molecular formula is C18H23N3O3. The molecule has 0 saturated carbocycles. The number of carboxylic acids is 1. The number of nitrogens with one attached hydrogen (secondary N) is 1. The van der Waals surface area contributed by atoms with E-state index in [4.69, 9.17) is 0 Å².